The van der Waals surface area contributed by atoms with Gasteiger partial charge in [-0.3, -0.25) is 9.59 Å². The van der Waals surface area contributed by atoms with Crippen LogP contribution in [0, 0.1) is 5.39 Å². The summed E-state index contributed by atoms with van der Waals surface area (Å²) in [7, 11) is 0. The predicted molar refractivity (Wildman–Crippen MR) is 51.2 cm³/mol. The molecule has 0 aliphatic rings. The molecule has 0 aromatic heterocycles. The number of benzene rings is 1. The first kappa shape index (κ1) is 10.1. The number of carbonyl (C=O) groups excluding carboxylic acids is 2. The highest BCUT2D eigenvalue weighted by Gasteiger charge is 2.18. The highest BCUT2D eigenvalue weighted by Crippen LogP contribution is 2.21. The maximum absolute atomic E-state index is 11.1. The lowest BCUT2D eigenvalue weighted by molar-refractivity contribution is 0.100. The first-order valence-corrected chi connectivity index (χ1v) is 4.07. The normalized spacial score (nSPS) is 9.21. The molecule has 0 bridgehead atoms. The van der Waals surface area contributed by atoms with Crippen LogP contribution >= 0.6 is 0 Å². The average Bonchev–Trinajstić information content (AvgIpc) is 2.16. The van der Waals surface area contributed by atoms with E-state index in [2.05, 4.69) is 4.98 Å². The molecule has 0 amide bonds. The Balaban J connectivity index is 3.34. The molecule has 0 unspecified atom stereocenters. The molecule has 4 heteroatoms. The van der Waals surface area contributed by atoms with Crippen molar-refractivity contribution in [1.29, 1.82) is 5.39 Å². The topological polar surface area (TPSA) is 62.3 Å². The third kappa shape index (κ3) is 1.83. The Morgan fingerprint density at radius 1 is 1.21 bits per heavy atom. The molecule has 0 N–H and O–H groups in total. The summed E-state index contributed by atoms with van der Waals surface area (Å²) in [5.41, 5.74) is 0.852. The van der Waals surface area contributed by atoms with Gasteiger partial charge in [0.15, 0.2) is 16.5 Å². The predicted octanol–water partition coefficient (Wildman–Crippen LogP) is 2.58. The zero-order chi connectivity index (χ0) is 10.7. The second-order valence-corrected chi connectivity index (χ2v) is 2.94. The number of diazo groups is 1. The lowest BCUT2D eigenvalue weighted by Gasteiger charge is -1.94. The van der Waals surface area contributed by atoms with Crippen molar-refractivity contribution in [2.75, 3.05) is 0 Å². The summed E-state index contributed by atoms with van der Waals surface area (Å²) in [5, 5.41) is 8.64. The van der Waals surface area contributed by atoms with Crippen molar-refractivity contribution in [1.82, 2.24) is 0 Å². The summed E-state index contributed by atoms with van der Waals surface area (Å²) < 4.78 is 0. The summed E-state index contributed by atoms with van der Waals surface area (Å²) in [6.07, 6.45) is 0. The van der Waals surface area contributed by atoms with Gasteiger partial charge in [0.2, 0.25) is 5.39 Å². The van der Waals surface area contributed by atoms with Crippen molar-refractivity contribution in [3.8, 4) is 0 Å². The molecule has 4 nitrogen and oxygen atoms in total. The van der Waals surface area contributed by atoms with Crippen LogP contribution in [0.4, 0.5) is 5.69 Å². The van der Waals surface area contributed by atoms with Gasteiger partial charge in [0, 0.05) is 11.6 Å². The summed E-state index contributed by atoms with van der Waals surface area (Å²) in [5.74, 6) is -0.335. The Morgan fingerprint density at radius 3 is 2.29 bits per heavy atom. The number of hydrogen-bond donors (Lipinski definition) is 0. The maximum Gasteiger partial charge on any atom is 0.396 e. The van der Waals surface area contributed by atoms with Gasteiger partial charge in [-0.2, -0.15) is 0 Å². The van der Waals surface area contributed by atoms with Crippen molar-refractivity contribution in [3.05, 3.63) is 34.3 Å². The van der Waals surface area contributed by atoms with Crippen molar-refractivity contribution < 1.29 is 9.59 Å². The van der Waals surface area contributed by atoms with E-state index in [9.17, 15) is 9.59 Å². The molecule has 0 saturated heterocycles. The van der Waals surface area contributed by atoms with Gasteiger partial charge < -0.3 is 0 Å². The lowest BCUT2D eigenvalue weighted by atomic mass is 10.0. The van der Waals surface area contributed by atoms with Gasteiger partial charge in [-0.05, 0) is 19.9 Å². The minimum Gasteiger partial charge on any atom is -0.295 e. The van der Waals surface area contributed by atoms with Crippen LogP contribution in [-0.2, 0) is 0 Å². The molecule has 0 fully saturated rings. The SMILES string of the molecule is CC(=O)c1ccc(C(C)=O)c([N+]#N)c1. The van der Waals surface area contributed by atoms with E-state index in [0.717, 1.165) is 0 Å². The maximum atomic E-state index is 11.1. The lowest BCUT2D eigenvalue weighted by Crippen LogP contribution is -1.96. The monoisotopic (exact) mass is 189 g/mol. The highest BCUT2D eigenvalue weighted by molar-refractivity contribution is 6.02. The summed E-state index contributed by atoms with van der Waals surface area (Å²) in [6, 6.07) is 4.40. The fourth-order valence-corrected chi connectivity index (χ4v) is 1.13. The van der Waals surface area contributed by atoms with Gasteiger partial charge in [0.25, 0.3) is 0 Å². The van der Waals surface area contributed by atoms with Gasteiger partial charge in [-0.15, -0.1) is 0 Å². The molecule has 1 aromatic carbocycles. The molecule has 0 atom stereocenters. The van der Waals surface area contributed by atoms with E-state index >= 15 is 0 Å². The molecule has 0 heterocycles. The number of rotatable bonds is 2. The van der Waals surface area contributed by atoms with Crippen LogP contribution in [-0.4, -0.2) is 11.6 Å². The minimum absolute atomic E-state index is 0.130. The van der Waals surface area contributed by atoms with E-state index in [4.69, 9.17) is 5.39 Å². The van der Waals surface area contributed by atoms with Crippen molar-refractivity contribution in [2.45, 2.75) is 13.8 Å². The van der Waals surface area contributed by atoms with E-state index in [1.807, 2.05) is 0 Å². The number of ketones is 2. The Morgan fingerprint density at radius 2 is 1.86 bits per heavy atom. The molecule has 0 spiro atoms. The van der Waals surface area contributed by atoms with Gasteiger partial charge in [-0.25, -0.2) is 0 Å². The summed E-state index contributed by atoms with van der Waals surface area (Å²) in [4.78, 5) is 25.0. The fraction of sp³-hybridized carbons (Fsp3) is 0.200. The van der Waals surface area contributed by atoms with Crippen molar-refractivity contribution in [2.24, 2.45) is 0 Å². The van der Waals surface area contributed by atoms with Crippen LogP contribution in [0.25, 0.3) is 4.98 Å². The van der Waals surface area contributed by atoms with Gasteiger partial charge in [0.1, 0.15) is 5.56 Å². The summed E-state index contributed by atoms with van der Waals surface area (Å²) >= 11 is 0. The molecular weight excluding hydrogens is 180 g/mol. The van der Waals surface area contributed by atoms with Crippen LogP contribution in [0.15, 0.2) is 18.2 Å². The second kappa shape index (κ2) is 3.79. The first-order valence-electron chi connectivity index (χ1n) is 4.07. The fourth-order valence-electron chi connectivity index (χ4n) is 1.13. The standard InChI is InChI=1S/C10H9N2O2/c1-6(13)8-3-4-9(7(2)14)10(5-8)12-11/h3-5H,1-2H3/q+1. The van der Waals surface area contributed by atoms with Crippen molar-refractivity contribution >= 4 is 17.3 Å². The van der Waals surface area contributed by atoms with Gasteiger partial charge in [0.05, 0.1) is 0 Å². The Hall–Kier alpha value is -2.02. The van der Waals surface area contributed by atoms with Gasteiger partial charge in [-0.1, -0.05) is 6.07 Å². The number of Topliss-reactive ketones (excluding diaryl/α,β-unsaturated/α-hetero) is 2. The second-order valence-electron chi connectivity index (χ2n) is 2.94. The third-order valence-electron chi connectivity index (χ3n) is 1.89. The largest absolute Gasteiger partial charge is 0.396 e. The molecule has 0 saturated carbocycles. The van der Waals surface area contributed by atoms with Crippen LogP contribution in [0.1, 0.15) is 34.6 Å². The Labute approximate surface area is 81.2 Å². The zero-order valence-electron chi connectivity index (χ0n) is 7.94. The van der Waals surface area contributed by atoms with Crippen LogP contribution in [0.5, 0.6) is 0 Å². The van der Waals surface area contributed by atoms with Crippen molar-refractivity contribution in [3.63, 3.8) is 0 Å². The molecule has 0 radical (unpaired) electrons. The van der Waals surface area contributed by atoms with E-state index in [1.165, 1.54) is 32.0 Å². The molecule has 14 heavy (non-hydrogen) atoms. The number of hydrogen-bond acceptors (Lipinski definition) is 3. The molecule has 1 aromatic rings. The molecular formula is C10H9N2O2+. The minimum atomic E-state index is -0.201. The Bertz CT molecular complexity index is 444. The molecule has 1 rings (SSSR count). The first-order chi connectivity index (χ1) is 6.56. The number of nitrogens with zero attached hydrogens (tertiary/aromatic N) is 2. The molecule has 0 aliphatic heterocycles. The third-order valence-corrected chi connectivity index (χ3v) is 1.89. The summed E-state index contributed by atoms with van der Waals surface area (Å²) in [6.45, 7) is 2.78. The molecule has 70 valence electrons. The average molecular weight is 189 g/mol. The van der Waals surface area contributed by atoms with E-state index in [-0.39, 0.29) is 17.3 Å². The smallest absolute Gasteiger partial charge is 0.295 e. The van der Waals surface area contributed by atoms with Crippen LogP contribution < -0.4 is 0 Å². The quantitative estimate of drug-likeness (QED) is 0.530. The van der Waals surface area contributed by atoms with E-state index in [0.29, 0.717) is 11.1 Å². The van der Waals surface area contributed by atoms with Crippen LogP contribution in [0.3, 0.4) is 0 Å². The highest BCUT2D eigenvalue weighted by atomic mass is 16.1. The Kier molecular flexibility index (Phi) is 2.73. The van der Waals surface area contributed by atoms with E-state index < -0.39 is 0 Å². The van der Waals surface area contributed by atoms with E-state index in [1.54, 1.807) is 0 Å². The van der Waals surface area contributed by atoms with Crippen LogP contribution in [0.2, 0.25) is 0 Å². The zero-order valence-corrected chi connectivity index (χ0v) is 7.94. The number of carbonyl (C=O) groups is 2. The van der Waals surface area contributed by atoms with Gasteiger partial charge >= 0.3 is 5.69 Å². The molecule has 0 aliphatic carbocycles.